The summed E-state index contributed by atoms with van der Waals surface area (Å²) < 4.78 is 57.6. The normalized spacial score (nSPS) is 11.6. The SMILES string of the molecule is COC(=O)Cc1sc(F)c(-n2c(=O)cc(C(F)(F)F)n(C)c2=O)c1Br. The Morgan fingerprint density at radius 2 is 1.96 bits per heavy atom. The fraction of sp³-hybridized carbons (Fsp3) is 0.308. The minimum Gasteiger partial charge on any atom is -0.469 e. The lowest BCUT2D eigenvalue weighted by Crippen LogP contribution is -2.41. The van der Waals surface area contributed by atoms with Crippen LogP contribution < -0.4 is 11.2 Å². The van der Waals surface area contributed by atoms with E-state index in [2.05, 4.69) is 20.7 Å². The van der Waals surface area contributed by atoms with Gasteiger partial charge in [0.1, 0.15) is 11.4 Å². The van der Waals surface area contributed by atoms with Crippen LogP contribution in [0.15, 0.2) is 20.1 Å². The number of ether oxygens (including phenoxy) is 1. The van der Waals surface area contributed by atoms with Crippen LogP contribution in [-0.4, -0.2) is 22.2 Å². The third kappa shape index (κ3) is 3.54. The van der Waals surface area contributed by atoms with E-state index in [0.29, 0.717) is 11.3 Å². The van der Waals surface area contributed by atoms with Gasteiger partial charge in [0, 0.05) is 18.0 Å². The van der Waals surface area contributed by atoms with Crippen molar-refractivity contribution in [1.82, 2.24) is 9.13 Å². The summed E-state index contributed by atoms with van der Waals surface area (Å²) in [6, 6.07) is 0.199. The van der Waals surface area contributed by atoms with Crippen molar-refractivity contribution in [3.63, 3.8) is 0 Å². The molecular formula is C13H9BrF4N2O4S. The van der Waals surface area contributed by atoms with Crippen molar-refractivity contribution in [3.8, 4) is 5.69 Å². The minimum atomic E-state index is -4.92. The molecule has 0 fully saturated rings. The number of hydrogen-bond donors (Lipinski definition) is 0. The van der Waals surface area contributed by atoms with Crippen LogP contribution in [0.4, 0.5) is 17.6 Å². The maximum absolute atomic E-state index is 14.2. The molecule has 0 N–H and O–H groups in total. The van der Waals surface area contributed by atoms with Gasteiger partial charge in [0.15, 0.2) is 0 Å². The van der Waals surface area contributed by atoms with E-state index in [1.807, 2.05) is 0 Å². The summed E-state index contributed by atoms with van der Waals surface area (Å²) in [6.45, 7) is 0. The molecule has 0 unspecified atom stereocenters. The smallest absolute Gasteiger partial charge is 0.431 e. The van der Waals surface area contributed by atoms with Crippen LogP contribution in [0.5, 0.6) is 0 Å². The van der Waals surface area contributed by atoms with Crippen molar-refractivity contribution >= 4 is 33.2 Å². The van der Waals surface area contributed by atoms with Gasteiger partial charge in [0.2, 0.25) is 5.13 Å². The highest BCUT2D eigenvalue weighted by Crippen LogP contribution is 2.35. The molecule has 0 amide bonds. The maximum Gasteiger partial charge on any atom is 0.431 e. The average Bonchev–Trinajstić information content (AvgIpc) is 2.77. The summed E-state index contributed by atoms with van der Waals surface area (Å²) in [5, 5.41) is -1.01. The molecule has 0 radical (unpaired) electrons. The van der Waals surface area contributed by atoms with E-state index in [-0.39, 0.29) is 31.0 Å². The minimum absolute atomic E-state index is 0.0839. The van der Waals surface area contributed by atoms with E-state index < -0.39 is 39.9 Å². The standard InChI is InChI=1S/C13H9BrF4N2O4S/c1-19-6(13(16,17)18)4-7(21)20(12(19)23)10-9(14)5(25-11(10)15)3-8(22)24-2/h4H,3H2,1-2H3. The average molecular weight is 445 g/mol. The summed E-state index contributed by atoms with van der Waals surface area (Å²) in [4.78, 5) is 35.7. The number of esters is 1. The molecule has 2 aromatic heterocycles. The fourth-order valence-corrected chi connectivity index (χ4v) is 3.77. The molecule has 2 heterocycles. The van der Waals surface area contributed by atoms with Gasteiger partial charge in [-0.05, 0) is 15.9 Å². The topological polar surface area (TPSA) is 70.3 Å². The van der Waals surface area contributed by atoms with Gasteiger partial charge in [-0.25, -0.2) is 9.36 Å². The number of methoxy groups -OCH3 is 1. The van der Waals surface area contributed by atoms with Crippen LogP contribution in [0, 0.1) is 5.13 Å². The number of carbonyl (C=O) groups is 1. The largest absolute Gasteiger partial charge is 0.469 e. The molecule has 0 atom stereocenters. The number of aromatic nitrogens is 2. The van der Waals surface area contributed by atoms with Gasteiger partial charge in [-0.2, -0.15) is 17.6 Å². The van der Waals surface area contributed by atoms with Crippen LogP contribution in [0.2, 0.25) is 0 Å². The number of alkyl halides is 3. The third-order valence-corrected chi connectivity index (χ3v) is 5.30. The zero-order valence-electron chi connectivity index (χ0n) is 12.6. The highest BCUT2D eigenvalue weighted by molar-refractivity contribution is 9.10. The molecule has 6 nitrogen and oxygen atoms in total. The summed E-state index contributed by atoms with van der Waals surface area (Å²) in [7, 11) is 1.94. The Labute approximate surface area is 149 Å². The Hall–Kier alpha value is -1.95. The first-order chi connectivity index (χ1) is 11.5. The van der Waals surface area contributed by atoms with Crippen molar-refractivity contribution in [2.75, 3.05) is 7.11 Å². The van der Waals surface area contributed by atoms with Crippen molar-refractivity contribution in [2.24, 2.45) is 7.05 Å². The van der Waals surface area contributed by atoms with Crippen LogP contribution in [0.25, 0.3) is 5.69 Å². The second kappa shape index (κ2) is 6.75. The van der Waals surface area contributed by atoms with E-state index in [1.54, 1.807) is 0 Å². The molecule has 12 heteroatoms. The van der Waals surface area contributed by atoms with Crippen LogP contribution in [-0.2, 0) is 29.2 Å². The first-order valence-corrected chi connectivity index (χ1v) is 8.04. The third-order valence-electron chi connectivity index (χ3n) is 3.22. The Bertz CT molecular complexity index is 961. The van der Waals surface area contributed by atoms with Crippen LogP contribution in [0.1, 0.15) is 10.6 Å². The number of rotatable bonds is 3. The first kappa shape index (κ1) is 19.4. The summed E-state index contributed by atoms with van der Waals surface area (Å²) >= 11 is 3.45. The van der Waals surface area contributed by atoms with Gasteiger partial charge >= 0.3 is 17.8 Å². The van der Waals surface area contributed by atoms with Crippen molar-refractivity contribution in [3.05, 3.63) is 47.1 Å². The van der Waals surface area contributed by atoms with E-state index in [0.717, 1.165) is 14.2 Å². The molecule has 25 heavy (non-hydrogen) atoms. The lowest BCUT2D eigenvalue weighted by Gasteiger charge is -2.13. The molecule has 0 aliphatic carbocycles. The first-order valence-electron chi connectivity index (χ1n) is 6.43. The summed E-state index contributed by atoms with van der Waals surface area (Å²) in [6.07, 6.45) is -5.26. The molecule has 0 bridgehead atoms. The lowest BCUT2D eigenvalue weighted by atomic mass is 10.3. The molecule has 136 valence electrons. The quantitative estimate of drug-likeness (QED) is 0.537. The Kier molecular flexibility index (Phi) is 5.23. The van der Waals surface area contributed by atoms with Crippen LogP contribution >= 0.6 is 27.3 Å². The number of carbonyl (C=O) groups excluding carboxylic acids is 1. The predicted octanol–water partition coefficient (Wildman–Crippen LogP) is 2.23. The molecule has 2 aromatic rings. The summed E-state index contributed by atoms with van der Waals surface area (Å²) in [5.74, 6) is -0.693. The van der Waals surface area contributed by atoms with E-state index in [1.165, 1.54) is 0 Å². The van der Waals surface area contributed by atoms with E-state index in [4.69, 9.17) is 0 Å². The van der Waals surface area contributed by atoms with E-state index >= 15 is 0 Å². The van der Waals surface area contributed by atoms with Gasteiger partial charge in [-0.1, -0.05) is 0 Å². The molecule has 0 aliphatic heterocycles. The second-order valence-corrected chi connectivity index (χ2v) is 6.61. The molecule has 0 saturated heterocycles. The Morgan fingerprint density at radius 1 is 1.36 bits per heavy atom. The maximum atomic E-state index is 14.2. The monoisotopic (exact) mass is 444 g/mol. The lowest BCUT2D eigenvalue weighted by molar-refractivity contribution is -0.144. The molecular weight excluding hydrogens is 436 g/mol. The molecule has 0 saturated carbocycles. The zero-order valence-corrected chi connectivity index (χ0v) is 15.0. The highest BCUT2D eigenvalue weighted by Gasteiger charge is 2.35. The number of thiophene rings is 1. The Balaban J connectivity index is 2.73. The van der Waals surface area contributed by atoms with Crippen molar-refractivity contribution < 1.29 is 27.1 Å². The van der Waals surface area contributed by atoms with Gasteiger partial charge < -0.3 is 4.74 Å². The number of nitrogens with zero attached hydrogens (tertiary/aromatic N) is 2. The van der Waals surface area contributed by atoms with Gasteiger partial charge in [0.05, 0.1) is 18.0 Å². The predicted molar refractivity (Wildman–Crippen MR) is 83.5 cm³/mol. The Morgan fingerprint density at radius 3 is 2.48 bits per heavy atom. The molecule has 0 spiro atoms. The highest BCUT2D eigenvalue weighted by atomic mass is 79.9. The number of halogens is 5. The molecule has 2 rings (SSSR count). The van der Waals surface area contributed by atoms with Gasteiger partial charge in [-0.15, -0.1) is 11.3 Å². The molecule has 0 aliphatic rings. The molecule has 0 aromatic carbocycles. The fourth-order valence-electron chi connectivity index (χ4n) is 2.03. The van der Waals surface area contributed by atoms with Gasteiger partial charge in [-0.3, -0.25) is 14.2 Å². The number of hydrogen-bond acceptors (Lipinski definition) is 5. The van der Waals surface area contributed by atoms with Crippen LogP contribution in [0.3, 0.4) is 0 Å². The van der Waals surface area contributed by atoms with E-state index in [9.17, 15) is 31.9 Å². The van der Waals surface area contributed by atoms with Gasteiger partial charge in [0.25, 0.3) is 5.56 Å². The van der Waals surface area contributed by atoms with Crippen molar-refractivity contribution in [1.29, 1.82) is 0 Å². The van der Waals surface area contributed by atoms with Crippen molar-refractivity contribution in [2.45, 2.75) is 12.6 Å². The summed E-state index contributed by atoms with van der Waals surface area (Å²) in [5.41, 5.74) is -4.73. The zero-order chi connectivity index (χ0) is 19.1. The second-order valence-electron chi connectivity index (χ2n) is 4.76.